The van der Waals surface area contributed by atoms with Crippen molar-refractivity contribution < 1.29 is 0 Å². The van der Waals surface area contributed by atoms with Gasteiger partial charge in [-0.3, -0.25) is 0 Å². The number of hydrogen-bond donors (Lipinski definition) is 1. The number of rotatable bonds is 5. The Morgan fingerprint density at radius 3 is 2.24 bits per heavy atom. The van der Waals surface area contributed by atoms with Crippen molar-refractivity contribution in [2.45, 2.75) is 26.8 Å². The molecule has 0 saturated heterocycles. The maximum atomic E-state index is 6.30. The Labute approximate surface area is 141 Å². The average molecular weight is 343 g/mol. The zero-order valence-corrected chi connectivity index (χ0v) is 14.4. The van der Waals surface area contributed by atoms with E-state index in [4.69, 9.17) is 34.8 Å². The molecule has 0 unspecified atom stereocenters. The van der Waals surface area contributed by atoms with Crippen LogP contribution >= 0.6 is 34.8 Å². The van der Waals surface area contributed by atoms with E-state index in [1.54, 1.807) is 12.1 Å². The molecule has 0 spiro atoms. The van der Waals surface area contributed by atoms with Crippen LogP contribution in [0.15, 0.2) is 30.3 Å². The molecule has 2 aromatic rings. The highest BCUT2D eigenvalue weighted by molar-refractivity contribution is 6.41. The summed E-state index contributed by atoms with van der Waals surface area (Å²) in [6, 6.07) is 9.78. The lowest BCUT2D eigenvalue weighted by molar-refractivity contribution is 0.675. The van der Waals surface area contributed by atoms with Gasteiger partial charge < -0.3 is 5.32 Å². The van der Waals surface area contributed by atoms with E-state index < -0.39 is 0 Å². The molecule has 2 aromatic carbocycles. The van der Waals surface area contributed by atoms with Crippen LogP contribution in [0.25, 0.3) is 11.1 Å². The standard InChI is InChI=1S/C17H18Cl3N/c1-3-6-21-10-12-4-5-14(11(2)7-12)17-15(19)8-13(18)9-16(17)20/h4-5,7-9,21H,3,6,10H2,1-2H3. The van der Waals surface area contributed by atoms with Crippen molar-refractivity contribution in [2.75, 3.05) is 6.54 Å². The van der Waals surface area contributed by atoms with Crippen molar-refractivity contribution in [3.05, 3.63) is 56.5 Å². The molecule has 112 valence electrons. The molecule has 0 atom stereocenters. The van der Waals surface area contributed by atoms with Gasteiger partial charge in [0.1, 0.15) is 0 Å². The third-order valence-electron chi connectivity index (χ3n) is 3.32. The molecular weight excluding hydrogens is 325 g/mol. The van der Waals surface area contributed by atoms with Gasteiger partial charge >= 0.3 is 0 Å². The van der Waals surface area contributed by atoms with E-state index in [9.17, 15) is 0 Å². The Hall–Kier alpha value is -0.730. The Kier molecular flexibility index (Phi) is 5.95. The molecule has 0 aliphatic carbocycles. The molecule has 1 N–H and O–H groups in total. The van der Waals surface area contributed by atoms with Crippen molar-refractivity contribution in [1.29, 1.82) is 0 Å². The number of hydrogen-bond acceptors (Lipinski definition) is 1. The second kappa shape index (κ2) is 7.51. The van der Waals surface area contributed by atoms with Crippen molar-refractivity contribution in [3.63, 3.8) is 0 Å². The first kappa shape index (κ1) is 16.6. The number of aryl methyl sites for hydroxylation is 1. The molecule has 0 heterocycles. The van der Waals surface area contributed by atoms with E-state index >= 15 is 0 Å². The van der Waals surface area contributed by atoms with Crippen LogP contribution in [-0.4, -0.2) is 6.54 Å². The predicted molar refractivity (Wildman–Crippen MR) is 93.6 cm³/mol. The first-order valence-electron chi connectivity index (χ1n) is 6.98. The van der Waals surface area contributed by atoms with Gasteiger partial charge in [0.25, 0.3) is 0 Å². The van der Waals surface area contributed by atoms with Crippen LogP contribution in [0.2, 0.25) is 15.1 Å². The third kappa shape index (κ3) is 4.14. The minimum Gasteiger partial charge on any atom is -0.313 e. The minimum atomic E-state index is 0.548. The van der Waals surface area contributed by atoms with Gasteiger partial charge in [-0.1, -0.05) is 59.9 Å². The Balaban J connectivity index is 2.33. The highest BCUT2D eigenvalue weighted by atomic mass is 35.5. The topological polar surface area (TPSA) is 12.0 Å². The fourth-order valence-electron chi connectivity index (χ4n) is 2.33. The normalized spacial score (nSPS) is 10.9. The van der Waals surface area contributed by atoms with Gasteiger partial charge in [0, 0.05) is 17.1 Å². The van der Waals surface area contributed by atoms with Gasteiger partial charge in [0.15, 0.2) is 0 Å². The van der Waals surface area contributed by atoms with Gasteiger partial charge in [-0.15, -0.1) is 0 Å². The van der Waals surface area contributed by atoms with Crippen molar-refractivity contribution in [3.8, 4) is 11.1 Å². The van der Waals surface area contributed by atoms with Crippen LogP contribution in [0.1, 0.15) is 24.5 Å². The maximum absolute atomic E-state index is 6.30. The quantitative estimate of drug-likeness (QED) is 0.645. The summed E-state index contributed by atoms with van der Waals surface area (Å²) in [6.07, 6.45) is 1.13. The summed E-state index contributed by atoms with van der Waals surface area (Å²) in [4.78, 5) is 0. The molecular formula is C17H18Cl3N. The predicted octanol–water partition coefficient (Wildman–Crippen LogP) is 6.12. The first-order valence-corrected chi connectivity index (χ1v) is 8.11. The summed E-state index contributed by atoms with van der Waals surface area (Å²) in [5.41, 5.74) is 4.29. The van der Waals surface area contributed by atoms with Gasteiger partial charge in [-0.05, 0) is 48.7 Å². The summed E-state index contributed by atoms with van der Waals surface area (Å²) in [5.74, 6) is 0. The zero-order valence-electron chi connectivity index (χ0n) is 12.1. The molecule has 0 saturated carbocycles. The first-order chi connectivity index (χ1) is 10.0. The molecule has 0 fully saturated rings. The fourth-order valence-corrected chi connectivity index (χ4v) is 3.35. The number of nitrogens with one attached hydrogen (secondary N) is 1. The molecule has 4 heteroatoms. The monoisotopic (exact) mass is 341 g/mol. The maximum Gasteiger partial charge on any atom is 0.0514 e. The largest absolute Gasteiger partial charge is 0.313 e. The number of halogens is 3. The van der Waals surface area contributed by atoms with E-state index in [-0.39, 0.29) is 0 Å². The van der Waals surface area contributed by atoms with Crippen LogP contribution in [0, 0.1) is 6.92 Å². The van der Waals surface area contributed by atoms with Crippen molar-refractivity contribution >= 4 is 34.8 Å². The van der Waals surface area contributed by atoms with Gasteiger partial charge in [0.2, 0.25) is 0 Å². The summed E-state index contributed by atoms with van der Waals surface area (Å²) in [5, 5.41) is 5.10. The molecule has 0 bridgehead atoms. The Morgan fingerprint density at radius 2 is 1.67 bits per heavy atom. The lowest BCUT2D eigenvalue weighted by Crippen LogP contribution is -2.13. The molecule has 0 aliphatic heterocycles. The number of benzene rings is 2. The zero-order chi connectivity index (χ0) is 15.4. The Morgan fingerprint density at radius 1 is 1.00 bits per heavy atom. The van der Waals surface area contributed by atoms with Crippen LogP contribution < -0.4 is 5.32 Å². The van der Waals surface area contributed by atoms with Gasteiger partial charge in [0.05, 0.1) is 10.0 Å². The second-order valence-electron chi connectivity index (χ2n) is 5.07. The van der Waals surface area contributed by atoms with E-state index in [1.165, 1.54) is 5.56 Å². The van der Waals surface area contributed by atoms with Crippen LogP contribution in [0.4, 0.5) is 0 Å². The van der Waals surface area contributed by atoms with E-state index in [2.05, 4.69) is 37.4 Å². The molecule has 1 nitrogen and oxygen atoms in total. The summed E-state index contributed by atoms with van der Waals surface area (Å²) in [7, 11) is 0. The smallest absolute Gasteiger partial charge is 0.0514 e. The minimum absolute atomic E-state index is 0.548. The third-order valence-corrected chi connectivity index (χ3v) is 4.14. The molecule has 0 aromatic heterocycles. The highest BCUT2D eigenvalue weighted by Gasteiger charge is 2.12. The van der Waals surface area contributed by atoms with Crippen molar-refractivity contribution in [1.82, 2.24) is 5.32 Å². The van der Waals surface area contributed by atoms with Crippen LogP contribution in [-0.2, 0) is 6.54 Å². The van der Waals surface area contributed by atoms with Gasteiger partial charge in [-0.2, -0.15) is 0 Å². The van der Waals surface area contributed by atoms with E-state index in [0.29, 0.717) is 15.1 Å². The van der Waals surface area contributed by atoms with Crippen LogP contribution in [0.3, 0.4) is 0 Å². The van der Waals surface area contributed by atoms with Gasteiger partial charge in [-0.25, -0.2) is 0 Å². The van der Waals surface area contributed by atoms with E-state index in [0.717, 1.165) is 36.2 Å². The molecule has 0 aliphatic rings. The lowest BCUT2D eigenvalue weighted by atomic mass is 9.98. The second-order valence-corrected chi connectivity index (χ2v) is 6.32. The summed E-state index contributed by atoms with van der Waals surface area (Å²) >= 11 is 18.6. The molecule has 2 rings (SSSR count). The highest BCUT2D eigenvalue weighted by Crippen LogP contribution is 2.38. The van der Waals surface area contributed by atoms with E-state index in [1.807, 2.05) is 0 Å². The fraction of sp³-hybridized carbons (Fsp3) is 0.294. The lowest BCUT2D eigenvalue weighted by Gasteiger charge is -2.13. The Bertz CT molecular complexity index is 615. The van der Waals surface area contributed by atoms with Crippen LogP contribution in [0.5, 0.6) is 0 Å². The summed E-state index contributed by atoms with van der Waals surface area (Å²) < 4.78 is 0. The molecule has 21 heavy (non-hydrogen) atoms. The SMILES string of the molecule is CCCNCc1ccc(-c2c(Cl)cc(Cl)cc2Cl)c(C)c1. The average Bonchev–Trinajstić information content (AvgIpc) is 2.40. The van der Waals surface area contributed by atoms with Crippen molar-refractivity contribution in [2.24, 2.45) is 0 Å². The summed E-state index contributed by atoms with van der Waals surface area (Å²) in [6.45, 7) is 6.12. The molecule has 0 radical (unpaired) electrons. The molecule has 0 amide bonds.